The zero-order valence-electron chi connectivity index (χ0n) is 15.8. The number of phenols is 1. The Morgan fingerprint density at radius 3 is 2.04 bits per heavy atom. The Kier molecular flexibility index (Phi) is 7.65. The van der Waals surface area contributed by atoms with Crippen molar-refractivity contribution in [2.24, 2.45) is 0 Å². The molecule has 0 heterocycles. The summed E-state index contributed by atoms with van der Waals surface area (Å²) in [6.45, 7) is 6.25. The Morgan fingerprint density at radius 1 is 1.00 bits per heavy atom. The number of phenolic OH excluding ortho intramolecular Hbond substituents is 1. The number of rotatable bonds is 4. The molecule has 0 radical (unpaired) electrons. The minimum atomic E-state index is -0.937. The van der Waals surface area contributed by atoms with Crippen molar-refractivity contribution in [1.29, 1.82) is 0 Å². The van der Waals surface area contributed by atoms with Gasteiger partial charge in [-0.15, -0.1) is 0 Å². The molecule has 0 spiro atoms. The zero-order chi connectivity index (χ0) is 20.6. The van der Waals surface area contributed by atoms with Crippen LogP contribution in [0.15, 0.2) is 42.5 Å². The van der Waals surface area contributed by atoms with Gasteiger partial charge in [0.05, 0.1) is 6.42 Å². The molecule has 0 bridgehead atoms. The number of amides is 1. The van der Waals surface area contributed by atoms with E-state index in [1.807, 2.05) is 26.8 Å². The second-order valence-electron chi connectivity index (χ2n) is 7.05. The molecule has 0 saturated heterocycles. The van der Waals surface area contributed by atoms with Crippen molar-refractivity contribution in [2.45, 2.75) is 32.6 Å². The number of nitrogen functional groups attached to an aromatic ring is 2. The van der Waals surface area contributed by atoms with E-state index >= 15 is 0 Å². The Balaban J connectivity index is 0.000000277. The van der Waals surface area contributed by atoms with E-state index in [2.05, 4.69) is 5.32 Å². The third-order valence-corrected chi connectivity index (χ3v) is 3.63. The van der Waals surface area contributed by atoms with Gasteiger partial charge < -0.3 is 27.0 Å². The van der Waals surface area contributed by atoms with E-state index in [0.29, 0.717) is 22.7 Å². The van der Waals surface area contributed by atoms with Crippen molar-refractivity contribution in [1.82, 2.24) is 5.32 Å². The molecule has 1 amide bonds. The summed E-state index contributed by atoms with van der Waals surface area (Å²) in [5, 5.41) is 20.4. The Hall–Kier alpha value is -3.22. The summed E-state index contributed by atoms with van der Waals surface area (Å²) in [5.74, 6) is -0.916. The topological polar surface area (TPSA) is 139 Å². The number of nitrogens with two attached hydrogens (primary N) is 2. The average Bonchev–Trinajstić information content (AvgIpc) is 2.57. The van der Waals surface area contributed by atoms with Gasteiger partial charge in [-0.05, 0) is 47.9 Å². The number of benzene rings is 2. The highest BCUT2D eigenvalue weighted by Crippen LogP contribution is 2.31. The van der Waals surface area contributed by atoms with Crippen molar-refractivity contribution < 1.29 is 19.8 Å². The third kappa shape index (κ3) is 7.68. The highest BCUT2D eigenvalue weighted by molar-refractivity contribution is 5.94. The third-order valence-electron chi connectivity index (χ3n) is 3.63. The molecule has 0 aliphatic rings. The van der Waals surface area contributed by atoms with Gasteiger partial charge in [0, 0.05) is 29.0 Å². The van der Waals surface area contributed by atoms with E-state index in [0.717, 1.165) is 5.56 Å². The lowest BCUT2D eigenvalue weighted by Gasteiger charge is -2.20. The number of anilines is 2. The Bertz CT molecular complexity index is 781. The summed E-state index contributed by atoms with van der Waals surface area (Å²) in [4.78, 5) is 21.6. The summed E-state index contributed by atoms with van der Waals surface area (Å²) in [6.07, 6.45) is -0.0826. The second kappa shape index (κ2) is 9.47. The minimum Gasteiger partial charge on any atom is -0.508 e. The predicted molar refractivity (Wildman–Crippen MR) is 107 cm³/mol. The number of carbonyl (C=O) groups excluding carboxylic acids is 1. The van der Waals surface area contributed by atoms with Gasteiger partial charge in [-0.2, -0.15) is 0 Å². The molecule has 0 aromatic heterocycles. The van der Waals surface area contributed by atoms with Crippen molar-refractivity contribution in [3.63, 3.8) is 0 Å². The van der Waals surface area contributed by atoms with Crippen LogP contribution in [0.1, 0.15) is 43.1 Å². The molecule has 0 aliphatic carbocycles. The summed E-state index contributed by atoms with van der Waals surface area (Å²) in [5.41, 5.74) is 13.6. The van der Waals surface area contributed by atoms with Crippen molar-refractivity contribution in [2.75, 3.05) is 18.0 Å². The van der Waals surface area contributed by atoms with E-state index in [-0.39, 0.29) is 24.3 Å². The molecule has 0 fully saturated rings. The standard InChI is InChI=1S/C10H12N2O3.C10H15NO/c11-8-3-1-7(2-4-8)10(15)12-6-5-9(13)14;1-10(2,3)8-6-7(11)4-5-9(8)12/h1-4H,5-6,11H2,(H,12,15)(H,13,14);4-6,12H,11H2,1-3H3. The van der Waals surface area contributed by atoms with Crippen LogP contribution in [-0.4, -0.2) is 28.6 Å². The SMILES string of the molecule is CC(C)(C)c1cc(N)ccc1O.Nc1ccc(C(=O)NCCC(=O)O)cc1. The molecule has 2 rings (SSSR count). The average molecular weight is 373 g/mol. The maximum Gasteiger partial charge on any atom is 0.305 e. The molecule has 0 aliphatic heterocycles. The number of hydrogen-bond acceptors (Lipinski definition) is 5. The molecule has 2 aromatic rings. The largest absolute Gasteiger partial charge is 0.508 e. The number of hydrogen-bond donors (Lipinski definition) is 5. The maximum atomic E-state index is 11.4. The molecule has 0 saturated carbocycles. The lowest BCUT2D eigenvalue weighted by Crippen LogP contribution is -2.25. The summed E-state index contributed by atoms with van der Waals surface area (Å²) in [7, 11) is 0. The number of carboxylic acids is 1. The van der Waals surface area contributed by atoms with E-state index < -0.39 is 5.97 Å². The Labute approximate surface area is 159 Å². The molecule has 0 unspecified atom stereocenters. The monoisotopic (exact) mass is 373 g/mol. The van der Waals surface area contributed by atoms with Crippen molar-refractivity contribution >= 4 is 23.3 Å². The number of aliphatic carboxylic acids is 1. The fraction of sp³-hybridized carbons (Fsp3) is 0.300. The highest BCUT2D eigenvalue weighted by atomic mass is 16.4. The van der Waals surface area contributed by atoms with Gasteiger partial charge in [-0.1, -0.05) is 20.8 Å². The van der Waals surface area contributed by atoms with Gasteiger partial charge in [0.25, 0.3) is 5.91 Å². The van der Waals surface area contributed by atoms with Crippen LogP contribution in [0.4, 0.5) is 11.4 Å². The van der Waals surface area contributed by atoms with Gasteiger partial charge in [-0.3, -0.25) is 9.59 Å². The molecule has 7 nitrogen and oxygen atoms in total. The van der Waals surface area contributed by atoms with Gasteiger partial charge in [-0.25, -0.2) is 0 Å². The van der Waals surface area contributed by atoms with Gasteiger partial charge in [0.1, 0.15) is 5.75 Å². The molecular weight excluding hydrogens is 346 g/mol. The highest BCUT2D eigenvalue weighted by Gasteiger charge is 2.17. The summed E-state index contributed by atoms with van der Waals surface area (Å²) >= 11 is 0. The van der Waals surface area contributed by atoms with Crippen LogP contribution in [-0.2, 0) is 10.2 Å². The molecule has 27 heavy (non-hydrogen) atoms. The zero-order valence-corrected chi connectivity index (χ0v) is 15.8. The first-order valence-electron chi connectivity index (χ1n) is 8.45. The lowest BCUT2D eigenvalue weighted by atomic mass is 9.86. The van der Waals surface area contributed by atoms with Crippen LogP contribution in [0.2, 0.25) is 0 Å². The van der Waals surface area contributed by atoms with E-state index in [4.69, 9.17) is 16.6 Å². The predicted octanol–water partition coefficient (Wildman–Crippen LogP) is 2.75. The molecular formula is C20H27N3O4. The first-order valence-corrected chi connectivity index (χ1v) is 8.45. The second-order valence-corrected chi connectivity index (χ2v) is 7.05. The normalized spacial score (nSPS) is 10.5. The molecule has 146 valence electrons. The summed E-state index contributed by atoms with van der Waals surface area (Å²) < 4.78 is 0. The minimum absolute atomic E-state index is 0.0561. The molecule has 7 N–H and O–H groups in total. The smallest absolute Gasteiger partial charge is 0.305 e. The molecule has 2 aromatic carbocycles. The number of aromatic hydroxyl groups is 1. The van der Waals surface area contributed by atoms with Crippen molar-refractivity contribution in [3.05, 3.63) is 53.6 Å². The van der Waals surface area contributed by atoms with Crippen molar-refractivity contribution in [3.8, 4) is 5.75 Å². The van der Waals surface area contributed by atoms with Crippen LogP contribution in [0, 0.1) is 0 Å². The lowest BCUT2D eigenvalue weighted by molar-refractivity contribution is -0.136. The van der Waals surface area contributed by atoms with E-state index in [1.165, 1.54) is 0 Å². The fourth-order valence-corrected chi connectivity index (χ4v) is 2.17. The number of nitrogens with one attached hydrogen (secondary N) is 1. The first kappa shape index (κ1) is 21.8. The fourth-order valence-electron chi connectivity index (χ4n) is 2.17. The Morgan fingerprint density at radius 2 is 1.56 bits per heavy atom. The van der Waals surface area contributed by atoms with Crippen LogP contribution in [0.3, 0.4) is 0 Å². The summed E-state index contributed by atoms with van der Waals surface area (Å²) in [6, 6.07) is 11.6. The van der Waals surface area contributed by atoms with Gasteiger partial charge >= 0.3 is 5.97 Å². The first-order chi connectivity index (χ1) is 12.5. The van der Waals surface area contributed by atoms with Crippen LogP contribution in [0.5, 0.6) is 5.75 Å². The van der Waals surface area contributed by atoms with E-state index in [1.54, 1.807) is 36.4 Å². The van der Waals surface area contributed by atoms with Crippen LogP contribution in [0.25, 0.3) is 0 Å². The van der Waals surface area contributed by atoms with Crippen LogP contribution >= 0.6 is 0 Å². The maximum absolute atomic E-state index is 11.4. The van der Waals surface area contributed by atoms with Gasteiger partial charge in [0.2, 0.25) is 0 Å². The van der Waals surface area contributed by atoms with Crippen LogP contribution < -0.4 is 16.8 Å². The molecule has 7 heteroatoms. The van der Waals surface area contributed by atoms with Gasteiger partial charge in [0.15, 0.2) is 0 Å². The number of carboxylic acid groups (broad SMARTS) is 1. The van der Waals surface area contributed by atoms with E-state index in [9.17, 15) is 14.7 Å². The molecule has 0 atom stereocenters. The quantitative estimate of drug-likeness (QED) is 0.412. The number of carbonyl (C=O) groups is 2.